The van der Waals surface area contributed by atoms with E-state index < -0.39 is 5.97 Å². The van der Waals surface area contributed by atoms with Crippen molar-refractivity contribution in [3.05, 3.63) is 35.8 Å². The number of hydrogen-bond donors (Lipinski definition) is 1. The molecule has 86 valence electrons. The molecule has 6 nitrogen and oxygen atoms in total. The van der Waals surface area contributed by atoms with E-state index in [9.17, 15) is 4.79 Å². The Labute approximate surface area is 101 Å². The summed E-state index contributed by atoms with van der Waals surface area (Å²) in [5.74, 6) is -1.10. The maximum Gasteiger partial charge on any atom is 0.356 e. The van der Waals surface area contributed by atoms with Crippen LogP contribution in [0.2, 0.25) is 0 Å². The molecule has 0 radical (unpaired) electrons. The van der Waals surface area contributed by atoms with Gasteiger partial charge in [0.2, 0.25) is 0 Å². The van der Waals surface area contributed by atoms with Gasteiger partial charge in [-0.05, 0) is 36.4 Å². The Morgan fingerprint density at radius 1 is 1.24 bits per heavy atom. The number of aryl methyl sites for hydroxylation is 1. The van der Waals surface area contributed by atoms with E-state index in [-0.39, 0.29) is 5.69 Å². The molecule has 2 aromatic rings. The smallest absolute Gasteiger partial charge is 0.356 e. The molecule has 2 aromatic heterocycles. The summed E-state index contributed by atoms with van der Waals surface area (Å²) in [4.78, 5) is 18.8. The molecule has 1 N–H and O–H groups in total. The topological polar surface area (TPSA) is 88.9 Å². The maximum absolute atomic E-state index is 10.6. The zero-order chi connectivity index (χ0) is 12.3. The first-order chi connectivity index (χ1) is 8.15. The van der Waals surface area contributed by atoms with Crippen LogP contribution in [0.1, 0.15) is 16.1 Å². The van der Waals surface area contributed by atoms with Crippen LogP contribution in [0.4, 0.5) is 0 Å². The number of carboxylic acids is 1. The molecule has 0 aliphatic heterocycles. The Morgan fingerprint density at radius 2 is 1.94 bits per heavy atom. The second kappa shape index (κ2) is 4.88. The van der Waals surface area contributed by atoms with E-state index in [1.807, 2.05) is 6.92 Å². The SMILES string of the molecule is Cc1cnc(Sc2ccc(C(=O)O)nn2)nc1. The maximum atomic E-state index is 10.6. The molecule has 2 heterocycles. The summed E-state index contributed by atoms with van der Waals surface area (Å²) in [6.07, 6.45) is 3.41. The Balaban J connectivity index is 2.13. The molecule has 0 spiro atoms. The summed E-state index contributed by atoms with van der Waals surface area (Å²) in [6.45, 7) is 1.90. The van der Waals surface area contributed by atoms with Crippen molar-refractivity contribution in [2.75, 3.05) is 0 Å². The lowest BCUT2D eigenvalue weighted by atomic mass is 10.4. The van der Waals surface area contributed by atoms with E-state index in [1.165, 1.54) is 17.8 Å². The molecule has 2 rings (SSSR count). The molecule has 0 aliphatic rings. The fourth-order valence-electron chi connectivity index (χ4n) is 1.02. The van der Waals surface area contributed by atoms with Gasteiger partial charge < -0.3 is 5.11 Å². The third-order valence-electron chi connectivity index (χ3n) is 1.81. The van der Waals surface area contributed by atoms with E-state index in [0.717, 1.165) is 5.56 Å². The van der Waals surface area contributed by atoms with E-state index >= 15 is 0 Å². The Kier molecular flexibility index (Phi) is 3.29. The summed E-state index contributed by atoms with van der Waals surface area (Å²) in [6, 6.07) is 2.97. The van der Waals surface area contributed by atoms with Crippen LogP contribution >= 0.6 is 11.8 Å². The van der Waals surface area contributed by atoms with Crippen molar-refractivity contribution in [1.82, 2.24) is 20.2 Å². The van der Waals surface area contributed by atoms with Crippen molar-refractivity contribution in [2.24, 2.45) is 0 Å². The molecule has 7 heteroatoms. The third-order valence-corrected chi connectivity index (χ3v) is 2.63. The highest BCUT2D eigenvalue weighted by molar-refractivity contribution is 7.99. The van der Waals surface area contributed by atoms with Crippen molar-refractivity contribution in [3.8, 4) is 0 Å². The van der Waals surface area contributed by atoms with Crippen LogP contribution in [0.5, 0.6) is 0 Å². The molecular weight excluding hydrogens is 240 g/mol. The van der Waals surface area contributed by atoms with Gasteiger partial charge in [0.25, 0.3) is 0 Å². The molecular formula is C10H8N4O2S. The average molecular weight is 248 g/mol. The third kappa shape index (κ3) is 2.97. The molecule has 0 bridgehead atoms. The lowest BCUT2D eigenvalue weighted by molar-refractivity contribution is 0.0689. The standard InChI is InChI=1S/C10H8N4O2S/c1-6-4-11-10(12-5-6)17-8-3-2-7(9(15)16)13-14-8/h2-5H,1H3,(H,15,16). The fraction of sp³-hybridized carbons (Fsp3) is 0.100. The fourth-order valence-corrected chi connectivity index (χ4v) is 1.63. The second-order valence-corrected chi connectivity index (χ2v) is 4.19. The first-order valence-electron chi connectivity index (χ1n) is 4.68. The van der Waals surface area contributed by atoms with Crippen molar-refractivity contribution in [1.29, 1.82) is 0 Å². The van der Waals surface area contributed by atoms with Gasteiger partial charge in [-0.1, -0.05) is 0 Å². The van der Waals surface area contributed by atoms with Gasteiger partial charge in [-0.15, -0.1) is 10.2 Å². The predicted octanol–water partition coefficient (Wildman–Crippen LogP) is 1.42. The number of hydrogen-bond acceptors (Lipinski definition) is 6. The zero-order valence-corrected chi connectivity index (χ0v) is 9.68. The summed E-state index contributed by atoms with van der Waals surface area (Å²) in [7, 11) is 0. The Morgan fingerprint density at radius 3 is 2.47 bits per heavy atom. The molecule has 0 atom stereocenters. The number of carbonyl (C=O) groups is 1. The second-order valence-electron chi connectivity index (χ2n) is 3.21. The molecule has 0 fully saturated rings. The van der Waals surface area contributed by atoms with Gasteiger partial charge in [0.15, 0.2) is 10.9 Å². The summed E-state index contributed by atoms with van der Waals surface area (Å²) >= 11 is 1.23. The van der Waals surface area contributed by atoms with Crippen LogP contribution in [0, 0.1) is 6.92 Å². The van der Waals surface area contributed by atoms with Crippen molar-refractivity contribution in [3.63, 3.8) is 0 Å². The number of nitrogens with zero attached hydrogens (tertiary/aromatic N) is 4. The van der Waals surface area contributed by atoms with Gasteiger partial charge in [0.1, 0.15) is 5.03 Å². The van der Waals surface area contributed by atoms with Gasteiger partial charge in [-0.25, -0.2) is 14.8 Å². The van der Waals surface area contributed by atoms with Crippen molar-refractivity contribution in [2.45, 2.75) is 17.1 Å². The van der Waals surface area contributed by atoms with Crippen LogP contribution in [-0.2, 0) is 0 Å². The van der Waals surface area contributed by atoms with Gasteiger partial charge in [-0.2, -0.15) is 0 Å². The van der Waals surface area contributed by atoms with Gasteiger partial charge in [-0.3, -0.25) is 0 Å². The van der Waals surface area contributed by atoms with Crippen LogP contribution in [0.3, 0.4) is 0 Å². The van der Waals surface area contributed by atoms with E-state index in [4.69, 9.17) is 5.11 Å². The lowest BCUT2D eigenvalue weighted by Gasteiger charge is -1.99. The van der Waals surface area contributed by atoms with Gasteiger partial charge >= 0.3 is 5.97 Å². The monoisotopic (exact) mass is 248 g/mol. The highest BCUT2D eigenvalue weighted by Gasteiger charge is 2.06. The van der Waals surface area contributed by atoms with Crippen LogP contribution in [0.25, 0.3) is 0 Å². The zero-order valence-electron chi connectivity index (χ0n) is 8.86. The minimum absolute atomic E-state index is 0.0841. The number of aromatic nitrogens is 4. The molecule has 0 aliphatic carbocycles. The molecule has 17 heavy (non-hydrogen) atoms. The number of rotatable bonds is 3. The average Bonchev–Trinajstić information content (AvgIpc) is 2.33. The Hall–Kier alpha value is -2.02. The number of carboxylic acid groups (broad SMARTS) is 1. The summed E-state index contributed by atoms with van der Waals surface area (Å²) in [5.41, 5.74) is 0.890. The van der Waals surface area contributed by atoms with Crippen LogP contribution in [0.15, 0.2) is 34.7 Å². The highest BCUT2D eigenvalue weighted by Crippen LogP contribution is 2.21. The summed E-state index contributed by atoms with van der Waals surface area (Å²) < 4.78 is 0. The van der Waals surface area contributed by atoms with E-state index in [2.05, 4.69) is 20.2 Å². The minimum atomic E-state index is -1.10. The quantitative estimate of drug-likeness (QED) is 0.821. The van der Waals surface area contributed by atoms with Gasteiger partial charge in [0, 0.05) is 12.4 Å². The summed E-state index contributed by atoms with van der Waals surface area (Å²) in [5, 5.41) is 17.1. The van der Waals surface area contributed by atoms with E-state index in [0.29, 0.717) is 10.2 Å². The molecule has 0 aromatic carbocycles. The highest BCUT2D eigenvalue weighted by atomic mass is 32.2. The van der Waals surface area contributed by atoms with Crippen LogP contribution < -0.4 is 0 Å². The molecule has 0 saturated heterocycles. The normalized spacial score (nSPS) is 10.2. The first kappa shape index (κ1) is 11.5. The molecule has 0 amide bonds. The lowest BCUT2D eigenvalue weighted by Crippen LogP contribution is -2.01. The first-order valence-corrected chi connectivity index (χ1v) is 5.50. The largest absolute Gasteiger partial charge is 0.476 e. The predicted molar refractivity (Wildman–Crippen MR) is 59.9 cm³/mol. The van der Waals surface area contributed by atoms with Crippen molar-refractivity contribution < 1.29 is 9.90 Å². The molecule has 0 saturated carbocycles. The minimum Gasteiger partial charge on any atom is -0.476 e. The van der Waals surface area contributed by atoms with Gasteiger partial charge in [0.05, 0.1) is 0 Å². The van der Waals surface area contributed by atoms with Crippen molar-refractivity contribution >= 4 is 17.7 Å². The van der Waals surface area contributed by atoms with E-state index in [1.54, 1.807) is 18.5 Å². The van der Waals surface area contributed by atoms with Crippen LogP contribution in [-0.4, -0.2) is 31.2 Å². The Bertz CT molecular complexity index is 527. The molecule has 0 unspecified atom stereocenters. The number of aromatic carboxylic acids is 1.